The standard InChI is InChI=1S/C10H6BrClN2O2/c1-5-2-3-6-9(11)7(12)4-8(14(15)16)10(6)13-5/h2-4H,1H3. The second-order valence-electron chi connectivity index (χ2n) is 3.30. The molecule has 2 aromatic rings. The number of nitro benzene ring substituents is 1. The number of benzene rings is 1. The molecule has 0 aliphatic carbocycles. The van der Waals surface area contributed by atoms with Crippen molar-refractivity contribution in [1.29, 1.82) is 0 Å². The minimum absolute atomic E-state index is 0.0769. The molecule has 6 heteroatoms. The third-order valence-corrected chi connectivity index (χ3v) is 3.56. The molecular formula is C10H6BrClN2O2. The minimum Gasteiger partial charge on any atom is -0.258 e. The van der Waals surface area contributed by atoms with Crippen LogP contribution in [0.4, 0.5) is 5.69 Å². The van der Waals surface area contributed by atoms with Gasteiger partial charge in [0, 0.05) is 21.6 Å². The summed E-state index contributed by atoms with van der Waals surface area (Å²) in [6.45, 7) is 1.78. The molecule has 0 spiro atoms. The highest BCUT2D eigenvalue weighted by Gasteiger charge is 2.18. The van der Waals surface area contributed by atoms with E-state index in [4.69, 9.17) is 11.6 Å². The summed E-state index contributed by atoms with van der Waals surface area (Å²) in [6, 6.07) is 4.86. The molecule has 0 saturated carbocycles. The maximum Gasteiger partial charge on any atom is 0.297 e. The topological polar surface area (TPSA) is 56.0 Å². The van der Waals surface area contributed by atoms with Gasteiger partial charge in [0.15, 0.2) is 0 Å². The normalized spacial score (nSPS) is 10.7. The molecule has 1 aromatic carbocycles. The smallest absolute Gasteiger partial charge is 0.258 e. The van der Waals surface area contributed by atoms with Crippen LogP contribution in [0.3, 0.4) is 0 Å². The first kappa shape index (κ1) is 11.3. The van der Waals surface area contributed by atoms with Crippen LogP contribution in [-0.4, -0.2) is 9.91 Å². The number of aromatic nitrogens is 1. The van der Waals surface area contributed by atoms with Gasteiger partial charge in [0.05, 0.1) is 9.95 Å². The third kappa shape index (κ3) is 1.76. The van der Waals surface area contributed by atoms with Crippen LogP contribution in [0.5, 0.6) is 0 Å². The van der Waals surface area contributed by atoms with Crippen molar-refractivity contribution >= 4 is 44.1 Å². The van der Waals surface area contributed by atoms with Crippen LogP contribution in [0.1, 0.15) is 5.69 Å². The Bertz CT molecular complexity index is 601. The van der Waals surface area contributed by atoms with Gasteiger partial charge in [-0.15, -0.1) is 0 Å². The van der Waals surface area contributed by atoms with Gasteiger partial charge in [-0.3, -0.25) is 10.1 Å². The lowest BCUT2D eigenvalue weighted by molar-refractivity contribution is -0.383. The summed E-state index contributed by atoms with van der Waals surface area (Å²) in [5.41, 5.74) is 0.998. The molecule has 1 heterocycles. The highest BCUT2D eigenvalue weighted by atomic mass is 79.9. The number of non-ortho nitro benzene ring substituents is 1. The largest absolute Gasteiger partial charge is 0.297 e. The summed E-state index contributed by atoms with van der Waals surface area (Å²) in [5.74, 6) is 0. The van der Waals surface area contributed by atoms with Crippen molar-refractivity contribution in [1.82, 2.24) is 4.98 Å². The van der Waals surface area contributed by atoms with Crippen LogP contribution in [-0.2, 0) is 0 Å². The molecular weight excluding hydrogens is 295 g/mol. The summed E-state index contributed by atoms with van der Waals surface area (Å²) >= 11 is 9.19. The number of halogens is 2. The van der Waals surface area contributed by atoms with Crippen molar-refractivity contribution in [3.8, 4) is 0 Å². The number of aryl methyl sites for hydroxylation is 1. The first-order valence-electron chi connectivity index (χ1n) is 4.40. The fourth-order valence-corrected chi connectivity index (χ4v) is 2.09. The highest BCUT2D eigenvalue weighted by Crippen LogP contribution is 2.36. The van der Waals surface area contributed by atoms with Crippen molar-refractivity contribution in [3.63, 3.8) is 0 Å². The van der Waals surface area contributed by atoms with Gasteiger partial charge in [0.1, 0.15) is 5.52 Å². The highest BCUT2D eigenvalue weighted by molar-refractivity contribution is 9.10. The Morgan fingerprint density at radius 2 is 2.19 bits per heavy atom. The van der Waals surface area contributed by atoms with Crippen molar-refractivity contribution < 1.29 is 4.92 Å². The first-order chi connectivity index (χ1) is 7.50. The van der Waals surface area contributed by atoms with Gasteiger partial charge in [-0.2, -0.15) is 0 Å². The molecule has 0 atom stereocenters. The summed E-state index contributed by atoms with van der Waals surface area (Å²) in [4.78, 5) is 14.6. The molecule has 4 nitrogen and oxygen atoms in total. The zero-order valence-corrected chi connectivity index (χ0v) is 10.5. The van der Waals surface area contributed by atoms with E-state index < -0.39 is 4.92 Å². The first-order valence-corrected chi connectivity index (χ1v) is 5.57. The summed E-state index contributed by atoms with van der Waals surface area (Å²) in [7, 11) is 0. The van der Waals surface area contributed by atoms with E-state index in [0.717, 1.165) is 5.69 Å². The molecule has 0 aliphatic rings. The number of rotatable bonds is 1. The second-order valence-corrected chi connectivity index (χ2v) is 4.50. The Balaban J connectivity index is 2.95. The number of nitrogens with zero attached hydrogens (tertiary/aromatic N) is 2. The number of pyridine rings is 1. The average Bonchev–Trinajstić information content (AvgIpc) is 2.22. The minimum atomic E-state index is -0.479. The Morgan fingerprint density at radius 3 is 2.81 bits per heavy atom. The van der Waals surface area contributed by atoms with Gasteiger partial charge in [-0.05, 0) is 35.0 Å². The predicted octanol–water partition coefficient (Wildman–Crippen LogP) is 3.87. The van der Waals surface area contributed by atoms with Crippen LogP contribution < -0.4 is 0 Å². The monoisotopic (exact) mass is 300 g/mol. The van der Waals surface area contributed by atoms with Gasteiger partial charge < -0.3 is 0 Å². The molecule has 0 fully saturated rings. The molecule has 82 valence electrons. The summed E-state index contributed by atoms with van der Waals surface area (Å²) in [6.07, 6.45) is 0. The number of fused-ring (bicyclic) bond motifs is 1. The number of nitro groups is 1. The van der Waals surface area contributed by atoms with E-state index in [1.54, 1.807) is 19.1 Å². The van der Waals surface area contributed by atoms with E-state index in [9.17, 15) is 10.1 Å². The van der Waals surface area contributed by atoms with Crippen LogP contribution in [0.2, 0.25) is 5.02 Å². The Morgan fingerprint density at radius 1 is 1.50 bits per heavy atom. The van der Waals surface area contributed by atoms with Crippen LogP contribution in [0.25, 0.3) is 10.9 Å². The van der Waals surface area contributed by atoms with E-state index in [0.29, 0.717) is 20.4 Å². The number of hydrogen-bond donors (Lipinski definition) is 0. The fourth-order valence-electron chi connectivity index (χ4n) is 1.45. The summed E-state index contributed by atoms with van der Waals surface area (Å²) in [5, 5.41) is 11.8. The maximum atomic E-state index is 10.9. The average molecular weight is 302 g/mol. The second kappa shape index (κ2) is 3.99. The lowest BCUT2D eigenvalue weighted by Gasteiger charge is -2.04. The fraction of sp³-hybridized carbons (Fsp3) is 0.100. The van der Waals surface area contributed by atoms with Crippen molar-refractivity contribution in [3.05, 3.63) is 43.5 Å². The molecule has 1 aromatic heterocycles. The van der Waals surface area contributed by atoms with E-state index in [1.807, 2.05) is 0 Å². The lowest BCUT2D eigenvalue weighted by atomic mass is 10.2. The zero-order valence-electron chi connectivity index (χ0n) is 8.20. The van der Waals surface area contributed by atoms with Crippen molar-refractivity contribution in [2.75, 3.05) is 0 Å². The molecule has 0 saturated heterocycles. The molecule has 0 bridgehead atoms. The SMILES string of the molecule is Cc1ccc2c(Br)c(Cl)cc([N+](=O)[O-])c2n1. The molecule has 0 amide bonds. The van der Waals surface area contributed by atoms with Crippen LogP contribution in [0, 0.1) is 17.0 Å². The Kier molecular flexibility index (Phi) is 2.82. The van der Waals surface area contributed by atoms with Gasteiger partial charge in [0.25, 0.3) is 5.69 Å². The van der Waals surface area contributed by atoms with Crippen LogP contribution in [0.15, 0.2) is 22.7 Å². The molecule has 0 N–H and O–H groups in total. The van der Waals surface area contributed by atoms with Crippen molar-refractivity contribution in [2.24, 2.45) is 0 Å². The zero-order chi connectivity index (χ0) is 11.9. The molecule has 0 aliphatic heterocycles. The predicted molar refractivity (Wildman–Crippen MR) is 65.8 cm³/mol. The Hall–Kier alpha value is -1.20. The van der Waals surface area contributed by atoms with E-state index in [1.165, 1.54) is 6.07 Å². The molecule has 0 unspecified atom stereocenters. The number of hydrogen-bond acceptors (Lipinski definition) is 3. The van der Waals surface area contributed by atoms with E-state index in [-0.39, 0.29) is 5.69 Å². The van der Waals surface area contributed by atoms with Gasteiger partial charge in [0.2, 0.25) is 0 Å². The van der Waals surface area contributed by atoms with E-state index in [2.05, 4.69) is 20.9 Å². The molecule has 16 heavy (non-hydrogen) atoms. The summed E-state index contributed by atoms with van der Waals surface area (Å²) < 4.78 is 0.627. The lowest BCUT2D eigenvalue weighted by Crippen LogP contribution is -1.94. The maximum absolute atomic E-state index is 10.9. The van der Waals surface area contributed by atoms with Gasteiger partial charge in [-0.1, -0.05) is 11.6 Å². The Labute approximate surface area is 105 Å². The van der Waals surface area contributed by atoms with Gasteiger partial charge >= 0.3 is 0 Å². The van der Waals surface area contributed by atoms with Crippen molar-refractivity contribution in [2.45, 2.75) is 6.92 Å². The quantitative estimate of drug-likeness (QED) is 0.593. The van der Waals surface area contributed by atoms with Crippen LogP contribution >= 0.6 is 27.5 Å². The molecule has 2 rings (SSSR count). The van der Waals surface area contributed by atoms with E-state index >= 15 is 0 Å². The van der Waals surface area contributed by atoms with Gasteiger partial charge in [-0.25, -0.2) is 4.98 Å². The molecule has 0 radical (unpaired) electrons. The third-order valence-electron chi connectivity index (χ3n) is 2.18.